The minimum Gasteiger partial charge on any atom is -0.481 e. The van der Waals surface area contributed by atoms with Crippen LogP contribution in [0.5, 0.6) is 5.75 Å². The summed E-state index contributed by atoms with van der Waals surface area (Å²) in [7, 11) is -3.16. The molecule has 1 fully saturated rings. The third-order valence-corrected chi connectivity index (χ3v) is 18.2. The summed E-state index contributed by atoms with van der Waals surface area (Å²) in [6.07, 6.45) is 15.2. The second-order valence-corrected chi connectivity index (χ2v) is 26.8. The van der Waals surface area contributed by atoms with Crippen molar-refractivity contribution in [2.75, 3.05) is 26.4 Å². The van der Waals surface area contributed by atoms with E-state index in [0.717, 1.165) is 60.9 Å². The smallest absolute Gasteiger partial charge is 0.339 e. The Bertz CT molecular complexity index is 2170. The summed E-state index contributed by atoms with van der Waals surface area (Å²) in [4.78, 5) is 44.0. The largest absolute Gasteiger partial charge is 0.481 e. The SMILES string of the molecule is CC#CCOc1ccc(C[C@H](NC(=O)[C@@H](/C=C/CCCCCCC2(CCCCCCC)OCCO2)[C@@](O)(CCO[Si](c2ccccc2)(c2ccccc2)C(C)(C)C)C(=O)OC(C)(C)C)C(=O)OC(C)(C)C)cc1. The van der Waals surface area contributed by atoms with Gasteiger partial charge in [-0.2, -0.15) is 0 Å². The molecule has 3 aromatic rings. The Morgan fingerprint density at radius 2 is 1.30 bits per heavy atom. The maximum absolute atomic E-state index is 15.2. The Hall–Kier alpha value is -4.77. The summed E-state index contributed by atoms with van der Waals surface area (Å²) in [5.41, 5.74) is -3.61. The second-order valence-electron chi connectivity index (χ2n) is 22.5. The lowest BCUT2D eigenvalue weighted by molar-refractivity contribution is -0.185. The van der Waals surface area contributed by atoms with Crippen LogP contribution in [0.4, 0.5) is 0 Å². The molecule has 0 unspecified atom stereocenters. The average molecular weight is 1020 g/mol. The van der Waals surface area contributed by atoms with Crippen molar-refractivity contribution in [2.45, 2.75) is 200 Å². The number of hydrogen-bond donors (Lipinski definition) is 2. The fourth-order valence-electron chi connectivity index (χ4n) is 9.46. The first kappa shape index (κ1) is 60.8. The van der Waals surface area contributed by atoms with Crippen molar-refractivity contribution in [3.63, 3.8) is 0 Å². The summed E-state index contributed by atoms with van der Waals surface area (Å²) < 4.78 is 37.2. The first-order valence-electron chi connectivity index (χ1n) is 26.9. The molecule has 0 bridgehead atoms. The molecule has 0 spiro atoms. The minimum atomic E-state index is -3.16. The third kappa shape index (κ3) is 19.1. The molecular weight excluding hydrogens is 935 g/mol. The number of hydrogen-bond acceptors (Lipinski definition) is 10. The molecule has 11 nitrogen and oxygen atoms in total. The number of carbonyl (C=O) groups is 3. The Morgan fingerprint density at radius 3 is 1.82 bits per heavy atom. The van der Waals surface area contributed by atoms with Gasteiger partial charge in [0, 0.05) is 32.3 Å². The number of nitrogens with one attached hydrogen (secondary N) is 1. The van der Waals surface area contributed by atoms with Crippen LogP contribution in [0.2, 0.25) is 5.04 Å². The number of allylic oxidation sites excluding steroid dienone is 1. The van der Waals surface area contributed by atoms with Crippen LogP contribution >= 0.6 is 0 Å². The van der Waals surface area contributed by atoms with Gasteiger partial charge in [0.25, 0.3) is 8.32 Å². The van der Waals surface area contributed by atoms with Gasteiger partial charge in [0.15, 0.2) is 11.4 Å². The van der Waals surface area contributed by atoms with Gasteiger partial charge in [-0.25, -0.2) is 9.59 Å². The number of amides is 1. The number of rotatable bonds is 29. The Balaban J connectivity index is 1.69. The third-order valence-electron chi connectivity index (χ3n) is 13.1. The lowest BCUT2D eigenvalue weighted by Gasteiger charge is -2.44. The fraction of sp³-hybridized carbons (Fsp3) is 0.590. The summed E-state index contributed by atoms with van der Waals surface area (Å²) in [5.74, 6) is 1.94. The van der Waals surface area contributed by atoms with Gasteiger partial charge >= 0.3 is 11.9 Å². The lowest BCUT2D eigenvalue weighted by Crippen LogP contribution is -2.67. The van der Waals surface area contributed by atoms with E-state index in [1.165, 1.54) is 25.7 Å². The van der Waals surface area contributed by atoms with E-state index in [0.29, 0.717) is 25.4 Å². The monoisotopic (exact) mass is 1020 g/mol. The molecule has 1 amide bonds. The Morgan fingerprint density at radius 1 is 0.753 bits per heavy atom. The van der Waals surface area contributed by atoms with E-state index in [1.54, 1.807) is 66.7 Å². The molecule has 402 valence electrons. The van der Waals surface area contributed by atoms with Gasteiger partial charge in [-0.15, -0.1) is 5.92 Å². The van der Waals surface area contributed by atoms with Crippen LogP contribution in [0.15, 0.2) is 97.1 Å². The molecule has 1 saturated heterocycles. The van der Waals surface area contributed by atoms with Gasteiger partial charge in [-0.05, 0) is 107 Å². The Kier molecular flexibility index (Phi) is 24.0. The lowest BCUT2D eigenvalue weighted by atomic mass is 9.82. The predicted molar refractivity (Wildman–Crippen MR) is 294 cm³/mol. The first-order valence-corrected chi connectivity index (χ1v) is 28.8. The maximum Gasteiger partial charge on any atom is 0.339 e. The number of carbonyl (C=O) groups excluding carboxylic acids is 3. The summed E-state index contributed by atoms with van der Waals surface area (Å²) >= 11 is 0. The second kappa shape index (κ2) is 28.8. The highest BCUT2D eigenvalue weighted by molar-refractivity contribution is 6.99. The molecule has 12 heteroatoms. The van der Waals surface area contributed by atoms with Gasteiger partial charge in [0.2, 0.25) is 5.91 Å². The van der Waals surface area contributed by atoms with Crippen LogP contribution in [0.3, 0.4) is 0 Å². The molecule has 1 heterocycles. The molecule has 73 heavy (non-hydrogen) atoms. The van der Waals surface area contributed by atoms with Gasteiger partial charge in [0.05, 0.1) is 19.1 Å². The minimum absolute atomic E-state index is 0.0597. The molecule has 4 rings (SSSR count). The predicted octanol–water partition coefficient (Wildman–Crippen LogP) is 11.1. The zero-order chi connectivity index (χ0) is 53.6. The van der Waals surface area contributed by atoms with Crippen LogP contribution in [0.1, 0.15) is 165 Å². The molecular formula is C61H89NO10Si. The normalized spacial score (nSPS) is 15.7. The van der Waals surface area contributed by atoms with E-state index in [9.17, 15) is 14.7 Å². The van der Waals surface area contributed by atoms with E-state index in [4.69, 9.17) is 28.1 Å². The molecule has 2 N–H and O–H groups in total. The van der Waals surface area contributed by atoms with Gasteiger partial charge in [-0.1, -0.05) is 157 Å². The topological polar surface area (TPSA) is 139 Å². The van der Waals surface area contributed by atoms with E-state index < -0.39 is 65.8 Å². The molecule has 3 aromatic carbocycles. The van der Waals surface area contributed by atoms with Crippen molar-refractivity contribution in [1.82, 2.24) is 5.32 Å². The zero-order valence-corrected chi connectivity index (χ0v) is 47.2. The summed E-state index contributed by atoms with van der Waals surface area (Å²) in [6, 6.07) is 26.2. The van der Waals surface area contributed by atoms with Crippen LogP contribution in [-0.2, 0) is 44.2 Å². The Labute approximate surface area is 440 Å². The van der Waals surface area contributed by atoms with Crippen molar-refractivity contribution in [3.05, 3.63) is 103 Å². The van der Waals surface area contributed by atoms with Crippen molar-refractivity contribution >= 4 is 36.5 Å². The molecule has 0 radical (unpaired) electrons. The van der Waals surface area contributed by atoms with E-state index >= 15 is 4.79 Å². The molecule has 0 saturated carbocycles. The maximum atomic E-state index is 15.2. The van der Waals surface area contributed by atoms with Gasteiger partial charge < -0.3 is 38.5 Å². The van der Waals surface area contributed by atoms with Crippen LogP contribution < -0.4 is 20.4 Å². The highest BCUT2D eigenvalue weighted by atomic mass is 28.4. The zero-order valence-electron chi connectivity index (χ0n) is 46.2. The molecule has 0 aromatic heterocycles. The van der Waals surface area contributed by atoms with Crippen molar-refractivity contribution in [1.29, 1.82) is 0 Å². The van der Waals surface area contributed by atoms with Crippen LogP contribution in [-0.4, -0.2) is 86.3 Å². The average Bonchev–Trinajstić information content (AvgIpc) is 3.80. The van der Waals surface area contributed by atoms with Crippen molar-refractivity contribution in [2.24, 2.45) is 5.92 Å². The van der Waals surface area contributed by atoms with E-state index in [-0.39, 0.29) is 26.1 Å². The quantitative estimate of drug-likeness (QED) is 0.0227. The van der Waals surface area contributed by atoms with E-state index in [1.807, 2.05) is 54.6 Å². The molecule has 1 aliphatic heterocycles. The first-order chi connectivity index (χ1) is 34.6. The highest BCUT2D eigenvalue weighted by Gasteiger charge is 2.53. The molecule has 1 aliphatic rings. The summed E-state index contributed by atoms with van der Waals surface area (Å²) in [6.45, 7) is 22.3. The highest BCUT2D eigenvalue weighted by Crippen LogP contribution is 2.38. The number of esters is 2. The van der Waals surface area contributed by atoms with Gasteiger partial charge in [-0.3, -0.25) is 4.79 Å². The fourth-order valence-corrected chi connectivity index (χ4v) is 14.0. The number of unbranched alkanes of at least 4 members (excludes halogenated alkanes) is 8. The van der Waals surface area contributed by atoms with Crippen molar-refractivity contribution in [3.8, 4) is 17.6 Å². The number of benzene rings is 3. The number of aliphatic hydroxyl groups is 1. The molecule has 3 atom stereocenters. The van der Waals surface area contributed by atoms with Crippen LogP contribution in [0, 0.1) is 17.8 Å². The van der Waals surface area contributed by atoms with Crippen molar-refractivity contribution < 1.29 is 47.6 Å². The van der Waals surface area contributed by atoms with Gasteiger partial charge in [0.1, 0.15) is 29.6 Å². The van der Waals surface area contributed by atoms with Crippen LogP contribution in [0.25, 0.3) is 0 Å². The standard InChI is InChI=1S/C61H89NO10Si/c1-12-14-16-20-29-40-60(68-45-46-69-60)41-30-21-18-17-19-28-35-52(54(63)62-53(55(64)71-57(3,4)5)47-48-36-38-49(39-37-48)67-43-15-13-2)61(66,56(65)72-58(6,7)8)42-44-70-73(59(9,10)11,50-31-24-22-25-32-50)51-33-26-23-27-34-51/h22-28,31-39,52-53,66H,12,14,16-21,29-30,40-47H2,1-11H3,(H,62,63)/b35-28+/t52-,53+,61+/m1/s1. The van der Waals surface area contributed by atoms with E-state index in [2.05, 4.69) is 69.1 Å². The summed E-state index contributed by atoms with van der Waals surface area (Å²) in [5, 5.41) is 17.7. The number of ether oxygens (including phenoxy) is 5. The molecule has 0 aliphatic carbocycles.